The normalized spacial score (nSPS) is 18.3. The number of nitrogens with one attached hydrogen (secondary N) is 1. The van der Waals surface area contributed by atoms with E-state index in [2.05, 4.69) is 43.5 Å². The predicted molar refractivity (Wildman–Crippen MR) is 347 cm³/mol. The van der Waals surface area contributed by atoms with Gasteiger partial charge in [0.2, 0.25) is 5.91 Å². The molecule has 1 saturated heterocycles. The summed E-state index contributed by atoms with van der Waals surface area (Å²) in [5, 5.41) is 54.3. The molecule has 0 aromatic carbocycles. The highest BCUT2D eigenvalue weighted by atomic mass is 16.7. The van der Waals surface area contributed by atoms with Crippen molar-refractivity contribution in [3.63, 3.8) is 0 Å². The monoisotopic (exact) mass is 1170 g/mol. The maximum atomic E-state index is 13.0. The van der Waals surface area contributed by atoms with Crippen LogP contribution in [0.1, 0.15) is 348 Å². The van der Waals surface area contributed by atoms with Gasteiger partial charge in [-0.05, 0) is 51.4 Å². The molecule has 1 rings (SSSR count). The maximum absolute atomic E-state index is 13.0. The van der Waals surface area contributed by atoms with Crippen LogP contribution in [-0.2, 0) is 23.8 Å². The fourth-order valence-corrected chi connectivity index (χ4v) is 11.4. The van der Waals surface area contributed by atoms with E-state index >= 15 is 0 Å². The number of esters is 1. The number of hydrogen-bond acceptors (Lipinski definition) is 10. The van der Waals surface area contributed by atoms with Crippen molar-refractivity contribution in [3.8, 4) is 0 Å². The van der Waals surface area contributed by atoms with Gasteiger partial charge in [0, 0.05) is 12.8 Å². The minimum absolute atomic E-state index is 0.0140. The second kappa shape index (κ2) is 61.5. The van der Waals surface area contributed by atoms with Crippen LogP contribution in [0.5, 0.6) is 0 Å². The minimum Gasteiger partial charge on any atom is -0.466 e. The quantitative estimate of drug-likeness (QED) is 0.0195. The lowest BCUT2D eigenvalue weighted by molar-refractivity contribution is -0.302. The summed E-state index contributed by atoms with van der Waals surface area (Å²) >= 11 is 0. The molecule has 1 heterocycles. The van der Waals surface area contributed by atoms with Crippen LogP contribution < -0.4 is 5.32 Å². The predicted octanol–water partition coefficient (Wildman–Crippen LogP) is 18.2. The van der Waals surface area contributed by atoms with Gasteiger partial charge in [-0.25, -0.2) is 0 Å². The Morgan fingerprint density at radius 2 is 0.783 bits per heavy atom. The average Bonchev–Trinajstić information content (AvgIpc) is 3.68. The molecule has 0 spiro atoms. The molecule has 6 N–H and O–H groups in total. The molecular formula is C72H135NO10. The van der Waals surface area contributed by atoms with Crippen molar-refractivity contribution in [2.75, 3.05) is 19.8 Å². The minimum atomic E-state index is -1.58. The van der Waals surface area contributed by atoms with Gasteiger partial charge < -0.3 is 45.1 Å². The Morgan fingerprint density at radius 1 is 0.434 bits per heavy atom. The zero-order chi connectivity index (χ0) is 60.2. The van der Waals surface area contributed by atoms with Crippen molar-refractivity contribution in [2.24, 2.45) is 0 Å². The van der Waals surface area contributed by atoms with E-state index in [0.29, 0.717) is 19.4 Å². The molecule has 0 aromatic rings. The first-order valence-electron chi connectivity index (χ1n) is 35.8. The van der Waals surface area contributed by atoms with Gasteiger partial charge in [-0.3, -0.25) is 9.59 Å². The molecule has 1 amide bonds. The van der Waals surface area contributed by atoms with Crippen molar-refractivity contribution in [2.45, 2.75) is 391 Å². The molecule has 7 unspecified atom stereocenters. The lowest BCUT2D eigenvalue weighted by Gasteiger charge is -2.40. The number of aliphatic hydroxyl groups is 5. The van der Waals surface area contributed by atoms with Crippen LogP contribution in [0.2, 0.25) is 0 Å². The molecule has 11 heteroatoms. The van der Waals surface area contributed by atoms with E-state index in [1.807, 2.05) is 6.08 Å². The van der Waals surface area contributed by atoms with Gasteiger partial charge in [0.25, 0.3) is 0 Å². The molecule has 0 aromatic heterocycles. The number of carbonyl (C=O) groups excluding carboxylic acids is 2. The first-order chi connectivity index (χ1) is 40.7. The third-order valence-corrected chi connectivity index (χ3v) is 17.0. The third kappa shape index (κ3) is 50.6. The van der Waals surface area contributed by atoms with Gasteiger partial charge in [-0.15, -0.1) is 0 Å². The van der Waals surface area contributed by atoms with Gasteiger partial charge in [0.1, 0.15) is 24.4 Å². The Morgan fingerprint density at radius 3 is 1.17 bits per heavy atom. The first-order valence-corrected chi connectivity index (χ1v) is 35.8. The Kier molecular flexibility index (Phi) is 58.5. The zero-order valence-electron chi connectivity index (χ0n) is 54.2. The molecule has 1 aliphatic heterocycles. The van der Waals surface area contributed by atoms with E-state index in [0.717, 1.165) is 70.6 Å². The molecular weight excluding hydrogens is 1040 g/mol. The number of allylic oxidation sites excluding steroid dienone is 5. The van der Waals surface area contributed by atoms with Crippen LogP contribution in [0.3, 0.4) is 0 Å². The summed E-state index contributed by atoms with van der Waals surface area (Å²) in [6.07, 6.45) is 68.8. The fraction of sp³-hybridized carbons (Fsp3) is 0.889. The molecule has 1 fully saturated rings. The van der Waals surface area contributed by atoms with E-state index in [9.17, 15) is 35.1 Å². The first kappa shape index (κ1) is 78.9. The Labute approximate surface area is 511 Å². The summed E-state index contributed by atoms with van der Waals surface area (Å²) in [6.45, 7) is 4.28. The SMILES string of the molecule is CCC/C=C/CC/C=C/CC/C=C/C(O)C(COC1OC(CO)C(O)C(O)C1O)NC(=O)CCCCCCCCCCCCCCCCCCCCCCCCCCCCCCCCCCCOC(=O)CCCCCCCCCCCCC. The van der Waals surface area contributed by atoms with Gasteiger partial charge in [0.05, 0.1) is 32.0 Å². The van der Waals surface area contributed by atoms with E-state index < -0.39 is 49.5 Å². The summed E-state index contributed by atoms with van der Waals surface area (Å²) in [7, 11) is 0. The number of rotatable bonds is 63. The highest BCUT2D eigenvalue weighted by molar-refractivity contribution is 5.76. The number of carbonyl (C=O) groups is 2. The van der Waals surface area contributed by atoms with E-state index in [4.69, 9.17) is 14.2 Å². The highest BCUT2D eigenvalue weighted by Gasteiger charge is 2.44. The molecule has 11 nitrogen and oxygen atoms in total. The van der Waals surface area contributed by atoms with Crippen molar-refractivity contribution in [1.29, 1.82) is 0 Å². The smallest absolute Gasteiger partial charge is 0.305 e. The number of unbranched alkanes of at least 4 members (excludes halogenated alkanes) is 45. The molecule has 7 atom stereocenters. The van der Waals surface area contributed by atoms with Crippen molar-refractivity contribution in [3.05, 3.63) is 36.5 Å². The summed E-state index contributed by atoms with van der Waals surface area (Å²) in [6, 6.07) is -0.830. The summed E-state index contributed by atoms with van der Waals surface area (Å²) in [5.41, 5.74) is 0. The summed E-state index contributed by atoms with van der Waals surface area (Å²) in [4.78, 5) is 25.1. The van der Waals surface area contributed by atoms with Gasteiger partial charge in [0.15, 0.2) is 6.29 Å². The van der Waals surface area contributed by atoms with E-state index in [1.165, 1.54) is 250 Å². The van der Waals surface area contributed by atoms with Crippen molar-refractivity contribution >= 4 is 11.9 Å². The Bertz CT molecular complexity index is 1470. The number of aliphatic hydroxyl groups excluding tert-OH is 5. The zero-order valence-corrected chi connectivity index (χ0v) is 54.2. The third-order valence-electron chi connectivity index (χ3n) is 17.0. The topological polar surface area (TPSA) is 175 Å². The largest absolute Gasteiger partial charge is 0.466 e. The summed E-state index contributed by atoms with van der Waals surface area (Å²) < 4.78 is 16.7. The summed E-state index contributed by atoms with van der Waals surface area (Å²) in [5.74, 6) is -0.178. The lowest BCUT2D eigenvalue weighted by atomic mass is 9.99. The van der Waals surface area contributed by atoms with Crippen LogP contribution in [0, 0.1) is 0 Å². The van der Waals surface area contributed by atoms with Crippen LogP contribution in [0.25, 0.3) is 0 Å². The number of amides is 1. The fourth-order valence-electron chi connectivity index (χ4n) is 11.4. The number of ether oxygens (including phenoxy) is 3. The van der Waals surface area contributed by atoms with Gasteiger partial charge in [-0.1, -0.05) is 320 Å². The molecule has 0 saturated carbocycles. The van der Waals surface area contributed by atoms with Gasteiger partial charge in [-0.2, -0.15) is 0 Å². The molecule has 0 aliphatic carbocycles. The van der Waals surface area contributed by atoms with Crippen molar-refractivity contribution < 1.29 is 49.3 Å². The second-order valence-electron chi connectivity index (χ2n) is 24.9. The molecule has 0 bridgehead atoms. The average molecular weight is 1170 g/mol. The van der Waals surface area contributed by atoms with E-state index in [-0.39, 0.29) is 18.5 Å². The Balaban J connectivity index is 1.92. The molecule has 1 aliphatic rings. The Hall–Kier alpha value is -2.12. The maximum Gasteiger partial charge on any atom is 0.305 e. The second-order valence-corrected chi connectivity index (χ2v) is 24.9. The molecule has 83 heavy (non-hydrogen) atoms. The number of hydrogen-bond donors (Lipinski definition) is 6. The lowest BCUT2D eigenvalue weighted by Crippen LogP contribution is -2.60. The van der Waals surface area contributed by atoms with Crippen LogP contribution >= 0.6 is 0 Å². The van der Waals surface area contributed by atoms with Crippen molar-refractivity contribution in [1.82, 2.24) is 5.32 Å². The van der Waals surface area contributed by atoms with Crippen LogP contribution in [0.15, 0.2) is 36.5 Å². The van der Waals surface area contributed by atoms with E-state index in [1.54, 1.807) is 6.08 Å². The van der Waals surface area contributed by atoms with Gasteiger partial charge >= 0.3 is 5.97 Å². The standard InChI is InChI=1S/C72H135NO10/c1-3-5-7-9-11-13-38-42-46-50-54-58-65(75)64(63-82-72-71(80)70(79)69(78)66(62-74)83-72)73-67(76)59-55-51-47-43-40-36-34-32-30-28-26-24-22-20-18-16-15-17-19-21-23-25-27-29-31-33-35-37-41-45-49-53-57-61-81-68(77)60-56-52-48-44-39-14-12-10-8-6-4-2/h7,9,38,42,54,58,64-66,69-72,74-75,78-80H,3-6,8,10-37,39-41,43-53,55-57,59-63H2,1-2H3,(H,73,76)/b9-7+,42-38+,58-54+. The van der Waals surface area contributed by atoms with Crippen LogP contribution in [-0.4, -0.2) is 100 Å². The van der Waals surface area contributed by atoms with Crippen LogP contribution in [0.4, 0.5) is 0 Å². The molecule has 0 radical (unpaired) electrons. The molecule has 488 valence electrons. The highest BCUT2D eigenvalue weighted by Crippen LogP contribution is 2.23.